The molecule has 130 valence electrons. The van der Waals surface area contributed by atoms with Crippen molar-refractivity contribution in [3.05, 3.63) is 40.6 Å². The number of morpholine rings is 1. The van der Waals surface area contributed by atoms with Crippen LogP contribution in [0.15, 0.2) is 35.1 Å². The molecule has 1 fully saturated rings. The first kappa shape index (κ1) is 18.9. The smallest absolute Gasteiger partial charge is 0.248 e. The zero-order chi connectivity index (χ0) is 16.1. The first-order valence-electron chi connectivity index (χ1n) is 7.44. The Bertz CT molecular complexity index is 675. The Morgan fingerprint density at radius 3 is 3.12 bits per heavy atom. The molecule has 1 atom stereocenters. The monoisotopic (exact) mass is 415 g/mol. The number of nitrogens with one attached hydrogen (secondary N) is 2. The number of ether oxygens (including phenoxy) is 1. The third-order valence-corrected chi connectivity index (χ3v) is 3.94. The molecule has 9 heteroatoms. The first-order chi connectivity index (χ1) is 11.2. The largest absolute Gasteiger partial charge is 0.378 e. The Morgan fingerprint density at radius 1 is 1.50 bits per heavy atom. The lowest BCUT2D eigenvalue weighted by molar-refractivity contribution is -0.117. The summed E-state index contributed by atoms with van der Waals surface area (Å²) in [7, 11) is 0. The van der Waals surface area contributed by atoms with E-state index < -0.39 is 0 Å². The van der Waals surface area contributed by atoms with Crippen LogP contribution in [0.3, 0.4) is 0 Å². The normalized spacial score (nSPS) is 17.1. The molecule has 24 heavy (non-hydrogen) atoms. The molecule has 7 nitrogen and oxygen atoms in total. The highest BCUT2D eigenvalue weighted by molar-refractivity contribution is 9.10. The Morgan fingerprint density at radius 2 is 2.38 bits per heavy atom. The van der Waals surface area contributed by atoms with Crippen molar-refractivity contribution in [2.24, 2.45) is 0 Å². The number of rotatable bonds is 5. The number of hydrogen-bond acceptors (Lipinski definition) is 5. The van der Waals surface area contributed by atoms with Gasteiger partial charge >= 0.3 is 0 Å². The maximum atomic E-state index is 12.0. The van der Waals surface area contributed by atoms with Crippen molar-refractivity contribution in [3.8, 4) is 0 Å². The summed E-state index contributed by atoms with van der Waals surface area (Å²) in [5, 5.41) is 10.2. The van der Waals surface area contributed by atoms with Crippen molar-refractivity contribution < 1.29 is 9.53 Å². The summed E-state index contributed by atoms with van der Waals surface area (Å²) in [6, 6.07) is 8.03. The number of benzene rings is 1. The van der Waals surface area contributed by atoms with Crippen LogP contribution in [0.25, 0.3) is 0 Å². The highest BCUT2D eigenvalue weighted by Gasteiger charge is 2.17. The number of amides is 1. The van der Waals surface area contributed by atoms with Gasteiger partial charge in [-0.1, -0.05) is 28.1 Å². The molecule has 1 unspecified atom stereocenters. The molecule has 2 N–H and O–H groups in total. The topological polar surface area (TPSA) is 81.1 Å². The van der Waals surface area contributed by atoms with Crippen molar-refractivity contribution in [1.29, 1.82) is 0 Å². The van der Waals surface area contributed by atoms with Gasteiger partial charge in [-0.15, -0.1) is 17.5 Å². The SMILES string of the molecule is Cl.O=C(CC1COCCN1)Nc1ncn(Cc2cccc(Br)c2)n1. The molecule has 1 aliphatic rings. The van der Waals surface area contributed by atoms with Crippen molar-refractivity contribution in [2.45, 2.75) is 19.0 Å². The molecule has 3 rings (SSSR count). The molecule has 1 saturated heterocycles. The maximum Gasteiger partial charge on any atom is 0.248 e. The van der Waals surface area contributed by atoms with Crippen molar-refractivity contribution >= 4 is 40.2 Å². The lowest BCUT2D eigenvalue weighted by Gasteiger charge is -2.22. The Labute approximate surface area is 154 Å². The molecule has 2 aromatic rings. The van der Waals surface area contributed by atoms with Gasteiger partial charge in [-0.2, -0.15) is 0 Å². The van der Waals surface area contributed by atoms with E-state index in [-0.39, 0.29) is 24.4 Å². The third kappa shape index (κ3) is 5.55. The number of aromatic nitrogens is 3. The zero-order valence-electron chi connectivity index (χ0n) is 12.9. The number of anilines is 1. The van der Waals surface area contributed by atoms with Crippen LogP contribution in [-0.4, -0.2) is 46.5 Å². The van der Waals surface area contributed by atoms with Gasteiger partial charge in [0.15, 0.2) is 0 Å². The van der Waals surface area contributed by atoms with Crippen LogP contribution >= 0.6 is 28.3 Å². The summed E-state index contributed by atoms with van der Waals surface area (Å²) in [6.07, 6.45) is 1.96. The van der Waals surface area contributed by atoms with Crippen LogP contribution in [0, 0.1) is 0 Å². The first-order valence-corrected chi connectivity index (χ1v) is 8.23. The summed E-state index contributed by atoms with van der Waals surface area (Å²) in [5.41, 5.74) is 1.10. The predicted octanol–water partition coefficient (Wildman–Crippen LogP) is 1.83. The molecular weight excluding hydrogens is 398 g/mol. The summed E-state index contributed by atoms with van der Waals surface area (Å²) < 4.78 is 8.04. The van der Waals surface area contributed by atoms with Gasteiger partial charge in [0.1, 0.15) is 6.33 Å². The third-order valence-electron chi connectivity index (χ3n) is 3.45. The molecule has 1 aromatic heterocycles. The van der Waals surface area contributed by atoms with E-state index in [0.717, 1.165) is 16.6 Å². The van der Waals surface area contributed by atoms with E-state index in [0.29, 0.717) is 32.1 Å². The van der Waals surface area contributed by atoms with Crippen molar-refractivity contribution in [3.63, 3.8) is 0 Å². The Kier molecular flexibility index (Phi) is 7.16. The van der Waals surface area contributed by atoms with E-state index in [1.807, 2.05) is 24.3 Å². The van der Waals surface area contributed by atoms with Gasteiger partial charge in [0.05, 0.1) is 19.8 Å². The second-order valence-corrected chi connectivity index (χ2v) is 6.29. The van der Waals surface area contributed by atoms with E-state index in [4.69, 9.17) is 4.74 Å². The Hall–Kier alpha value is -1.48. The highest BCUT2D eigenvalue weighted by Crippen LogP contribution is 2.12. The van der Waals surface area contributed by atoms with E-state index in [1.54, 1.807) is 11.0 Å². The number of carbonyl (C=O) groups excluding carboxylic acids is 1. The minimum atomic E-state index is -0.117. The van der Waals surface area contributed by atoms with Crippen LogP contribution in [-0.2, 0) is 16.1 Å². The van der Waals surface area contributed by atoms with Gasteiger partial charge in [0, 0.05) is 23.5 Å². The fraction of sp³-hybridized carbons (Fsp3) is 0.400. The van der Waals surface area contributed by atoms with Crippen LogP contribution in [0.2, 0.25) is 0 Å². The molecule has 1 aliphatic heterocycles. The molecule has 0 aliphatic carbocycles. The fourth-order valence-electron chi connectivity index (χ4n) is 2.40. The number of carbonyl (C=O) groups is 1. The van der Waals surface area contributed by atoms with Gasteiger partial charge in [0.2, 0.25) is 11.9 Å². The lowest BCUT2D eigenvalue weighted by atomic mass is 10.2. The maximum absolute atomic E-state index is 12.0. The molecule has 0 saturated carbocycles. The second kappa shape index (κ2) is 9.12. The average molecular weight is 417 g/mol. The summed E-state index contributed by atoms with van der Waals surface area (Å²) in [5.74, 6) is 0.204. The molecule has 0 bridgehead atoms. The summed E-state index contributed by atoms with van der Waals surface area (Å²) in [6.45, 7) is 2.62. The van der Waals surface area contributed by atoms with E-state index in [9.17, 15) is 4.79 Å². The Balaban J connectivity index is 0.00000208. The fourth-order valence-corrected chi connectivity index (χ4v) is 2.85. The second-order valence-electron chi connectivity index (χ2n) is 5.37. The molecule has 1 amide bonds. The van der Waals surface area contributed by atoms with E-state index >= 15 is 0 Å². The van der Waals surface area contributed by atoms with Crippen LogP contribution in [0.4, 0.5) is 5.95 Å². The number of hydrogen-bond donors (Lipinski definition) is 2. The summed E-state index contributed by atoms with van der Waals surface area (Å²) >= 11 is 3.44. The predicted molar refractivity (Wildman–Crippen MR) is 96.4 cm³/mol. The minimum Gasteiger partial charge on any atom is -0.378 e. The van der Waals surface area contributed by atoms with Crippen molar-refractivity contribution in [1.82, 2.24) is 20.1 Å². The van der Waals surface area contributed by atoms with Gasteiger partial charge < -0.3 is 10.1 Å². The number of nitrogens with zero attached hydrogens (tertiary/aromatic N) is 3. The summed E-state index contributed by atoms with van der Waals surface area (Å²) in [4.78, 5) is 16.1. The zero-order valence-corrected chi connectivity index (χ0v) is 15.3. The molecule has 2 heterocycles. The minimum absolute atomic E-state index is 0. The van der Waals surface area contributed by atoms with Gasteiger partial charge in [-0.3, -0.25) is 10.1 Å². The lowest BCUT2D eigenvalue weighted by Crippen LogP contribution is -2.43. The quantitative estimate of drug-likeness (QED) is 0.777. The van der Waals surface area contributed by atoms with Crippen LogP contribution in [0.5, 0.6) is 0 Å². The van der Waals surface area contributed by atoms with Crippen LogP contribution < -0.4 is 10.6 Å². The average Bonchev–Trinajstić information content (AvgIpc) is 2.95. The van der Waals surface area contributed by atoms with E-state index in [2.05, 4.69) is 36.6 Å². The molecule has 0 spiro atoms. The van der Waals surface area contributed by atoms with Gasteiger partial charge in [-0.25, -0.2) is 9.67 Å². The van der Waals surface area contributed by atoms with Crippen molar-refractivity contribution in [2.75, 3.05) is 25.1 Å². The van der Waals surface area contributed by atoms with E-state index in [1.165, 1.54) is 0 Å². The highest BCUT2D eigenvalue weighted by atomic mass is 79.9. The van der Waals surface area contributed by atoms with Gasteiger partial charge in [-0.05, 0) is 17.7 Å². The van der Waals surface area contributed by atoms with Gasteiger partial charge in [0.25, 0.3) is 0 Å². The molecule has 1 aromatic carbocycles. The molecule has 0 radical (unpaired) electrons. The molecular formula is C15H19BrClN5O2. The van der Waals surface area contributed by atoms with Crippen LogP contribution in [0.1, 0.15) is 12.0 Å². The standard InChI is InChI=1S/C15H18BrN5O2.ClH/c16-12-3-1-2-11(6-12)8-21-10-18-15(20-21)19-14(22)7-13-9-23-5-4-17-13;/h1-3,6,10,13,17H,4-5,7-9H2,(H,19,20,22);1H. The number of halogens is 2.